The second-order valence-electron chi connectivity index (χ2n) is 8.15. The molecule has 5 aromatic heterocycles. The molecule has 0 spiro atoms. The zero-order chi connectivity index (χ0) is 24.0. The first kappa shape index (κ1) is 20.9. The Bertz CT molecular complexity index is 1560. The average Bonchev–Trinajstić information content (AvgIpc) is 3.62. The Morgan fingerprint density at radius 1 is 1.03 bits per heavy atom. The summed E-state index contributed by atoms with van der Waals surface area (Å²) in [6.45, 7) is 0.439. The molecular weight excluding hydrogens is 450 g/mol. The molecule has 0 aliphatic carbocycles. The number of likely N-dealkylation sites (N-methyl/N-ethyl adjacent to an activating group) is 1. The van der Waals surface area contributed by atoms with Gasteiger partial charge in [-0.2, -0.15) is 5.10 Å². The number of imidazole rings is 1. The zero-order valence-electron chi connectivity index (χ0n) is 18.5. The lowest BCUT2D eigenvalue weighted by Crippen LogP contribution is -2.35. The van der Waals surface area contributed by atoms with E-state index < -0.39 is 11.5 Å². The number of hydrogen-bond acceptors (Lipinski definition) is 10. The molecule has 1 amide bonds. The minimum absolute atomic E-state index is 0.102. The third-order valence-electron chi connectivity index (χ3n) is 5.90. The molecule has 0 bridgehead atoms. The highest BCUT2D eigenvalue weighted by atomic mass is 16.5. The molecule has 12 nitrogen and oxygen atoms in total. The van der Waals surface area contributed by atoms with E-state index in [2.05, 4.69) is 35.5 Å². The smallest absolute Gasteiger partial charge is 0.262 e. The van der Waals surface area contributed by atoms with Gasteiger partial charge in [-0.15, -0.1) is 0 Å². The second kappa shape index (κ2) is 7.95. The minimum Gasteiger partial charge on any atom is -0.373 e. The van der Waals surface area contributed by atoms with Gasteiger partial charge in [0.05, 0.1) is 29.0 Å². The normalized spacial score (nSPS) is 17.9. The Labute approximate surface area is 198 Å². The van der Waals surface area contributed by atoms with E-state index in [1.165, 1.54) is 4.90 Å². The quantitative estimate of drug-likeness (QED) is 0.392. The van der Waals surface area contributed by atoms with E-state index in [0.717, 1.165) is 0 Å². The predicted octanol–water partition coefficient (Wildman–Crippen LogP) is 2.03. The van der Waals surface area contributed by atoms with Crippen molar-refractivity contribution in [3.8, 4) is 22.8 Å². The lowest BCUT2D eigenvalue weighted by atomic mass is 9.98. The fraction of sp³-hybridized carbons (Fsp3) is 0.174. The molecule has 0 saturated carbocycles. The standard InChI is InChI=1S/C23H19N9O3/c1-31-11-7-23(34,21(31)33)19-13-18(30-35-19)15-4-2-3-14(27-15)16-5-8-25-22(28-16)29-17-6-9-26-32-12-10-24-20(17)32/h2-6,8-10,12-13,34H,7,11H2,1H3,(H,25,28,29)/t23-/m1/s1. The molecule has 1 aliphatic rings. The maximum absolute atomic E-state index is 12.4. The number of aliphatic hydroxyl groups is 1. The van der Waals surface area contributed by atoms with Gasteiger partial charge in [-0.05, 0) is 24.3 Å². The number of carbonyl (C=O) groups is 1. The summed E-state index contributed by atoms with van der Waals surface area (Å²) in [4.78, 5) is 31.7. The molecule has 12 heteroatoms. The van der Waals surface area contributed by atoms with Crippen molar-refractivity contribution in [1.82, 2.24) is 39.6 Å². The van der Waals surface area contributed by atoms with Crippen LogP contribution in [0.5, 0.6) is 0 Å². The van der Waals surface area contributed by atoms with Crippen LogP contribution in [0, 0.1) is 0 Å². The van der Waals surface area contributed by atoms with Gasteiger partial charge in [0, 0.05) is 44.7 Å². The van der Waals surface area contributed by atoms with Gasteiger partial charge < -0.3 is 19.8 Å². The third kappa shape index (κ3) is 3.56. The van der Waals surface area contributed by atoms with E-state index in [-0.39, 0.29) is 12.2 Å². The number of nitrogens with one attached hydrogen (secondary N) is 1. The van der Waals surface area contributed by atoms with Gasteiger partial charge in [0.15, 0.2) is 11.4 Å². The summed E-state index contributed by atoms with van der Waals surface area (Å²) in [6.07, 6.45) is 6.95. The minimum atomic E-state index is -1.71. The number of amides is 1. The van der Waals surface area contributed by atoms with Crippen LogP contribution in [0.3, 0.4) is 0 Å². The number of likely N-dealkylation sites (tertiary alicyclic amines) is 1. The van der Waals surface area contributed by atoms with Crippen molar-refractivity contribution in [2.45, 2.75) is 12.0 Å². The second-order valence-corrected chi connectivity index (χ2v) is 8.15. The van der Waals surface area contributed by atoms with Crippen LogP contribution in [0.2, 0.25) is 0 Å². The highest BCUT2D eigenvalue weighted by molar-refractivity contribution is 5.87. The first-order valence-electron chi connectivity index (χ1n) is 10.8. The molecule has 1 aliphatic heterocycles. The van der Waals surface area contributed by atoms with Crippen molar-refractivity contribution in [3.63, 3.8) is 0 Å². The van der Waals surface area contributed by atoms with Gasteiger partial charge in [0.2, 0.25) is 11.5 Å². The zero-order valence-corrected chi connectivity index (χ0v) is 18.5. The molecule has 6 rings (SSSR count). The molecule has 0 aromatic carbocycles. The van der Waals surface area contributed by atoms with Crippen molar-refractivity contribution >= 4 is 23.2 Å². The van der Waals surface area contributed by atoms with Crippen molar-refractivity contribution in [3.05, 3.63) is 66.9 Å². The van der Waals surface area contributed by atoms with Gasteiger partial charge in [0.25, 0.3) is 5.91 Å². The van der Waals surface area contributed by atoms with Crippen LogP contribution >= 0.6 is 0 Å². The maximum Gasteiger partial charge on any atom is 0.262 e. The van der Waals surface area contributed by atoms with Crippen LogP contribution in [-0.2, 0) is 10.4 Å². The van der Waals surface area contributed by atoms with Crippen LogP contribution in [0.4, 0.5) is 11.6 Å². The van der Waals surface area contributed by atoms with E-state index in [1.54, 1.807) is 60.6 Å². The van der Waals surface area contributed by atoms with Crippen molar-refractivity contribution in [1.29, 1.82) is 0 Å². The summed E-state index contributed by atoms with van der Waals surface area (Å²) in [5, 5.41) is 22.2. The van der Waals surface area contributed by atoms with Crippen LogP contribution < -0.4 is 5.32 Å². The summed E-state index contributed by atoms with van der Waals surface area (Å²) < 4.78 is 7.00. The van der Waals surface area contributed by atoms with Crippen LogP contribution in [0.25, 0.3) is 28.4 Å². The fourth-order valence-electron chi connectivity index (χ4n) is 4.01. The van der Waals surface area contributed by atoms with E-state index >= 15 is 0 Å². The maximum atomic E-state index is 12.4. The van der Waals surface area contributed by atoms with Gasteiger partial charge >= 0.3 is 0 Å². The van der Waals surface area contributed by atoms with Crippen molar-refractivity contribution in [2.24, 2.45) is 0 Å². The molecule has 1 saturated heterocycles. The largest absolute Gasteiger partial charge is 0.373 e. The van der Waals surface area contributed by atoms with Crippen LogP contribution in [0.1, 0.15) is 12.2 Å². The molecule has 35 heavy (non-hydrogen) atoms. The SMILES string of the molecule is CN1CC[C@@](O)(c2cc(-c3cccc(-c4ccnc(Nc5ccnn6ccnc56)n4)n3)no2)C1=O. The number of rotatable bonds is 5. The molecule has 1 atom stereocenters. The molecule has 0 radical (unpaired) electrons. The Balaban J connectivity index is 1.29. The van der Waals surface area contributed by atoms with Gasteiger partial charge in [-0.25, -0.2) is 24.5 Å². The molecule has 2 N–H and O–H groups in total. The molecule has 5 aromatic rings. The highest BCUT2D eigenvalue weighted by Crippen LogP contribution is 2.34. The number of nitrogens with zero attached hydrogens (tertiary/aromatic N) is 8. The first-order chi connectivity index (χ1) is 17.0. The lowest BCUT2D eigenvalue weighted by Gasteiger charge is -2.16. The van der Waals surface area contributed by atoms with Gasteiger partial charge in [0.1, 0.15) is 5.69 Å². The Morgan fingerprint density at radius 3 is 2.69 bits per heavy atom. The molecular formula is C23H19N9O3. The number of carbonyl (C=O) groups excluding carboxylic acids is 1. The first-order valence-corrected chi connectivity index (χ1v) is 10.8. The Morgan fingerprint density at radius 2 is 1.86 bits per heavy atom. The molecule has 6 heterocycles. The van der Waals surface area contributed by atoms with E-state index in [9.17, 15) is 9.90 Å². The summed E-state index contributed by atoms with van der Waals surface area (Å²) in [7, 11) is 1.64. The fourth-order valence-corrected chi connectivity index (χ4v) is 4.01. The topological polar surface area (TPSA) is 147 Å². The number of aromatic nitrogens is 7. The highest BCUT2D eigenvalue weighted by Gasteiger charge is 2.48. The van der Waals surface area contributed by atoms with E-state index in [4.69, 9.17) is 4.52 Å². The Hall–Kier alpha value is -4.71. The van der Waals surface area contributed by atoms with Gasteiger partial charge in [-0.3, -0.25) is 4.79 Å². The lowest BCUT2D eigenvalue weighted by molar-refractivity contribution is -0.144. The molecule has 174 valence electrons. The van der Waals surface area contributed by atoms with Crippen LogP contribution in [0.15, 0.2) is 65.7 Å². The number of fused-ring (bicyclic) bond motifs is 1. The Kier molecular flexibility index (Phi) is 4.74. The molecule has 0 unspecified atom stereocenters. The summed E-state index contributed by atoms with van der Waals surface area (Å²) >= 11 is 0. The summed E-state index contributed by atoms with van der Waals surface area (Å²) in [5.41, 5.74) is 1.75. The summed E-state index contributed by atoms with van der Waals surface area (Å²) in [5.74, 6) is 0.0654. The van der Waals surface area contributed by atoms with E-state index in [1.807, 2.05) is 12.1 Å². The predicted molar refractivity (Wildman–Crippen MR) is 123 cm³/mol. The molecule has 1 fully saturated rings. The summed E-state index contributed by atoms with van der Waals surface area (Å²) in [6, 6.07) is 10.5. The number of pyridine rings is 1. The number of anilines is 2. The van der Waals surface area contributed by atoms with Crippen molar-refractivity contribution in [2.75, 3.05) is 18.9 Å². The third-order valence-corrected chi connectivity index (χ3v) is 5.90. The van der Waals surface area contributed by atoms with Gasteiger partial charge in [-0.1, -0.05) is 11.2 Å². The average molecular weight is 469 g/mol. The van der Waals surface area contributed by atoms with Crippen LogP contribution in [-0.4, -0.2) is 64.2 Å². The van der Waals surface area contributed by atoms with E-state index in [0.29, 0.717) is 46.6 Å². The monoisotopic (exact) mass is 469 g/mol. The van der Waals surface area contributed by atoms with Crippen molar-refractivity contribution < 1.29 is 14.4 Å². The number of hydrogen-bond donors (Lipinski definition) is 2.